The molecule has 110 valence electrons. The van der Waals surface area contributed by atoms with Crippen LogP contribution in [0.15, 0.2) is 11.4 Å². The van der Waals surface area contributed by atoms with Crippen molar-refractivity contribution < 1.29 is 4.79 Å². The van der Waals surface area contributed by atoms with Gasteiger partial charge in [0.15, 0.2) is 0 Å². The Hall–Kier alpha value is -0.980. The Balaban J connectivity index is 1.83. The van der Waals surface area contributed by atoms with Crippen molar-refractivity contribution in [2.45, 2.75) is 32.2 Å². The first kappa shape index (κ1) is 15.4. The predicted molar refractivity (Wildman–Crippen MR) is 87.4 cm³/mol. The minimum atomic E-state index is 0.0737. The second kappa shape index (κ2) is 7.15. The van der Waals surface area contributed by atoms with E-state index in [2.05, 4.69) is 17.1 Å². The Labute approximate surface area is 129 Å². The maximum Gasteiger partial charge on any atom is 0.261 e. The van der Waals surface area contributed by atoms with Gasteiger partial charge >= 0.3 is 0 Å². The average molecular weight is 311 g/mol. The fraction of sp³-hybridized carbons (Fsp3) is 0.571. The van der Waals surface area contributed by atoms with Crippen molar-refractivity contribution in [2.75, 3.05) is 19.6 Å². The van der Waals surface area contributed by atoms with Gasteiger partial charge in [-0.1, -0.05) is 19.1 Å². The van der Waals surface area contributed by atoms with E-state index in [0.29, 0.717) is 11.5 Å². The van der Waals surface area contributed by atoms with E-state index in [0.717, 1.165) is 42.8 Å². The molecule has 0 spiro atoms. The molecular weight excluding hydrogens is 290 g/mol. The summed E-state index contributed by atoms with van der Waals surface area (Å²) in [4.78, 5) is 15.9. The molecule has 1 aromatic heterocycles. The van der Waals surface area contributed by atoms with E-state index < -0.39 is 0 Å². The highest BCUT2D eigenvalue weighted by Crippen LogP contribution is 2.18. The van der Waals surface area contributed by atoms with Crippen LogP contribution >= 0.6 is 23.6 Å². The molecule has 0 bridgehead atoms. The average Bonchev–Trinajstić information content (AvgIpc) is 2.89. The lowest BCUT2D eigenvalue weighted by atomic mass is 10.0. The van der Waals surface area contributed by atoms with Crippen LogP contribution in [0, 0.1) is 0 Å². The number of nitrogens with two attached hydrogens (primary N) is 1. The molecule has 4 nitrogen and oxygen atoms in total. The standard InChI is InChI=1S/C14H21N3OS2/c1-2-10-5-8-20-13(10)14(18)16-11-3-6-17(7-4-11)9-12(15)19/h5,8,11H,2-4,6-7,9H2,1H3,(H2,15,19)(H,16,18). The van der Waals surface area contributed by atoms with Crippen LogP contribution in [0.3, 0.4) is 0 Å². The summed E-state index contributed by atoms with van der Waals surface area (Å²) in [5.41, 5.74) is 6.69. The normalized spacial score (nSPS) is 17.1. The lowest BCUT2D eigenvalue weighted by molar-refractivity contribution is 0.0918. The molecule has 0 radical (unpaired) electrons. The minimum absolute atomic E-state index is 0.0737. The fourth-order valence-electron chi connectivity index (χ4n) is 2.52. The number of nitrogens with one attached hydrogen (secondary N) is 1. The molecule has 20 heavy (non-hydrogen) atoms. The number of thiocarbonyl (C=S) groups is 1. The SMILES string of the molecule is CCc1ccsc1C(=O)NC1CCN(CC(N)=S)CC1. The first-order valence-electron chi connectivity index (χ1n) is 6.98. The molecule has 1 aliphatic rings. The van der Waals surface area contributed by atoms with Crippen LogP contribution in [0.25, 0.3) is 0 Å². The van der Waals surface area contributed by atoms with Gasteiger partial charge in [-0.05, 0) is 36.3 Å². The number of hydrogen-bond donors (Lipinski definition) is 2. The lowest BCUT2D eigenvalue weighted by Crippen LogP contribution is -2.46. The van der Waals surface area contributed by atoms with Gasteiger partial charge < -0.3 is 11.1 Å². The second-order valence-electron chi connectivity index (χ2n) is 5.12. The molecule has 1 aromatic rings. The van der Waals surface area contributed by atoms with Crippen LogP contribution in [-0.4, -0.2) is 41.5 Å². The molecule has 0 aromatic carbocycles. The van der Waals surface area contributed by atoms with Crippen LogP contribution in [0.5, 0.6) is 0 Å². The van der Waals surface area contributed by atoms with E-state index in [1.165, 1.54) is 11.3 Å². The van der Waals surface area contributed by atoms with Crippen molar-refractivity contribution in [3.05, 3.63) is 21.9 Å². The van der Waals surface area contributed by atoms with Crippen LogP contribution < -0.4 is 11.1 Å². The molecule has 6 heteroatoms. The summed E-state index contributed by atoms with van der Waals surface area (Å²) in [6.07, 6.45) is 2.82. The summed E-state index contributed by atoms with van der Waals surface area (Å²) in [6, 6.07) is 2.29. The number of likely N-dealkylation sites (tertiary alicyclic amines) is 1. The lowest BCUT2D eigenvalue weighted by Gasteiger charge is -2.31. The van der Waals surface area contributed by atoms with E-state index in [1.54, 1.807) is 0 Å². The summed E-state index contributed by atoms with van der Waals surface area (Å²) in [6.45, 7) is 4.63. The van der Waals surface area contributed by atoms with Crippen molar-refractivity contribution in [1.29, 1.82) is 0 Å². The van der Waals surface area contributed by atoms with Gasteiger partial charge in [-0.3, -0.25) is 9.69 Å². The number of aryl methyl sites for hydroxylation is 1. The summed E-state index contributed by atoms with van der Waals surface area (Å²) in [7, 11) is 0. The Morgan fingerprint density at radius 1 is 1.55 bits per heavy atom. The zero-order valence-electron chi connectivity index (χ0n) is 11.7. The number of piperidine rings is 1. The zero-order chi connectivity index (χ0) is 14.5. The van der Waals surface area contributed by atoms with Gasteiger partial charge in [-0.2, -0.15) is 0 Å². The summed E-state index contributed by atoms with van der Waals surface area (Å²) in [5, 5.41) is 5.14. The second-order valence-corrected chi connectivity index (χ2v) is 6.56. The Morgan fingerprint density at radius 2 is 2.25 bits per heavy atom. The number of carbonyl (C=O) groups excluding carboxylic acids is 1. The molecule has 0 aliphatic carbocycles. The third-order valence-corrected chi connectivity index (χ3v) is 4.72. The highest BCUT2D eigenvalue weighted by molar-refractivity contribution is 7.80. The van der Waals surface area contributed by atoms with Gasteiger partial charge in [0.1, 0.15) is 0 Å². The fourth-order valence-corrected chi connectivity index (χ4v) is 3.60. The van der Waals surface area contributed by atoms with E-state index >= 15 is 0 Å². The Kier molecular flexibility index (Phi) is 5.51. The van der Waals surface area contributed by atoms with Gasteiger partial charge in [0.05, 0.1) is 9.87 Å². The smallest absolute Gasteiger partial charge is 0.261 e. The molecule has 0 saturated carbocycles. The van der Waals surface area contributed by atoms with Crippen LogP contribution in [0.1, 0.15) is 35.0 Å². The number of nitrogens with zero attached hydrogens (tertiary/aromatic N) is 1. The molecule has 1 aliphatic heterocycles. The Bertz CT molecular complexity index is 479. The van der Waals surface area contributed by atoms with Crippen molar-refractivity contribution in [3.63, 3.8) is 0 Å². The number of rotatable bonds is 5. The molecule has 1 amide bonds. The van der Waals surface area contributed by atoms with Gasteiger partial charge in [0, 0.05) is 25.7 Å². The first-order chi connectivity index (χ1) is 9.60. The summed E-state index contributed by atoms with van der Waals surface area (Å²) in [5.74, 6) is 0.0737. The maximum absolute atomic E-state index is 12.3. The third kappa shape index (κ3) is 4.01. The van der Waals surface area contributed by atoms with Crippen molar-refractivity contribution in [2.24, 2.45) is 5.73 Å². The van der Waals surface area contributed by atoms with Crippen LogP contribution in [0.4, 0.5) is 0 Å². The Morgan fingerprint density at radius 3 is 2.85 bits per heavy atom. The van der Waals surface area contributed by atoms with Crippen molar-refractivity contribution in [3.8, 4) is 0 Å². The minimum Gasteiger partial charge on any atom is -0.392 e. The molecule has 0 unspecified atom stereocenters. The highest BCUT2D eigenvalue weighted by Gasteiger charge is 2.22. The molecule has 2 rings (SSSR count). The van der Waals surface area contributed by atoms with Gasteiger partial charge in [-0.15, -0.1) is 11.3 Å². The van der Waals surface area contributed by atoms with E-state index in [-0.39, 0.29) is 11.9 Å². The molecule has 1 fully saturated rings. The van der Waals surface area contributed by atoms with E-state index in [1.807, 2.05) is 11.4 Å². The molecule has 0 atom stereocenters. The van der Waals surface area contributed by atoms with Crippen molar-refractivity contribution in [1.82, 2.24) is 10.2 Å². The molecule has 3 N–H and O–H groups in total. The van der Waals surface area contributed by atoms with Gasteiger partial charge in [0.2, 0.25) is 0 Å². The zero-order valence-corrected chi connectivity index (χ0v) is 13.4. The number of thiophene rings is 1. The summed E-state index contributed by atoms with van der Waals surface area (Å²) >= 11 is 6.45. The predicted octanol–water partition coefficient (Wildman–Crippen LogP) is 1.79. The first-order valence-corrected chi connectivity index (χ1v) is 8.26. The quantitative estimate of drug-likeness (QED) is 0.814. The summed E-state index contributed by atoms with van der Waals surface area (Å²) < 4.78 is 0. The van der Waals surface area contributed by atoms with Crippen molar-refractivity contribution >= 4 is 34.5 Å². The van der Waals surface area contributed by atoms with Gasteiger partial charge in [-0.25, -0.2) is 0 Å². The van der Waals surface area contributed by atoms with Crippen LogP contribution in [0.2, 0.25) is 0 Å². The van der Waals surface area contributed by atoms with Crippen LogP contribution in [-0.2, 0) is 6.42 Å². The van der Waals surface area contributed by atoms with E-state index in [4.69, 9.17) is 18.0 Å². The number of carbonyl (C=O) groups is 1. The number of hydrogen-bond acceptors (Lipinski definition) is 4. The maximum atomic E-state index is 12.3. The highest BCUT2D eigenvalue weighted by atomic mass is 32.1. The monoisotopic (exact) mass is 311 g/mol. The van der Waals surface area contributed by atoms with E-state index in [9.17, 15) is 4.79 Å². The third-order valence-electron chi connectivity index (χ3n) is 3.64. The largest absolute Gasteiger partial charge is 0.392 e. The molecular formula is C14H21N3OS2. The molecule has 1 saturated heterocycles. The van der Waals surface area contributed by atoms with Gasteiger partial charge in [0.25, 0.3) is 5.91 Å². The molecule has 2 heterocycles. The number of amides is 1. The topological polar surface area (TPSA) is 58.4 Å².